The molecule has 0 radical (unpaired) electrons. The summed E-state index contributed by atoms with van der Waals surface area (Å²) in [6, 6.07) is 11.1. The first-order chi connectivity index (χ1) is 13.4. The van der Waals surface area contributed by atoms with E-state index in [-0.39, 0.29) is 0 Å². The van der Waals surface area contributed by atoms with E-state index in [0.29, 0.717) is 36.1 Å². The third-order valence-corrected chi connectivity index (χ3v) is 5.14. The SMILES string of the molecule is COc1cc(CNC(CCSC)C(=O)O)cc(Cl)c1OCc1cccc(C)c1. The summed E-state index contributed by atoms with van der Waals surface area (Å²) in [6.07, 6.45) is 2.51. The van der Waals surface area contributed by atoms with Crippen LogP contribution in [0.5, 0.6) is 11.5 Å². The van der Waals surface area contributed by atoms with E-state index in [1.54, 1.807) is 24.9 Å². The van der Waals surface area contributed by atoms with Gasteiger partial charge in [-0.3, -0.25) is 4.79 Å². The first-order valence-corrected chi connectivity index (χ1v) is 10.7. The molecule has 28 heavy (non-hydrogen) atoms. The predicted molar refractivity (Wildman–Crippen MR) is 115 cm³/mol. The van der Waals surface area contributed by atoms with E-state index >= 15 is 0 Å². The van der Waals surface area contributed by atoms with Crippen molar-refractivity contribution in [2.24, 2.45) is 0 Å². The number of halogens is 1. The molecule has 5 nitrogen and oxygen atoms in total. The van der Waals surface area contributed by atoms with Gasteiger partial charge in [-0.05, 0) is 48.6 Å². The third-order valence-electron chi connectivity index (χ3n) is 4.22. The lowest BCUT2D eigenvalue weighted by atomic mass is 10.1. The van der Waals surface area contributed by atoms with Gasteiger partial charge in [0.25, 0.3) is 0 Å². The summed E-state index contributed by atoms with van der Waals surface area (Å²) in [5, 5.41) is 12.8. The number of carboxylic acids is 1. The number of carboxylic acid groups (broad SMARTS) is 1. The fourth-order valence-electron chi connectivity index (χ4n) is 2.76. The third kappa shape index (κ3) is 6.62. The van der Waals surface area contributed by atoms with E-state index < -0.39 is 12.0 Å². The van der Waals surface area contributed by atoms with Gasteiger partial charge >= 0.3 is 5.97 Å². The largest absolute Gasteiger partial charge is 0.493 e. The fraction of sp³-hybridized carbons (Fsp3) is 0.381. The highest BCUT2D eigenvalue weighted by molar-refractivity contribution is 7.98. The summed E-state index contributed by atoms with van der Waals surface area (Å²) >= 11 is 8.04. The molecule has 1 unspecified atom stereocenters. The number of aliphatic carboxylic acids is 1. The number of nitrogens with one attached hydrogen (secondary N) is 1. The Morgan fingerprint density at radius 2 is 2.07 bits per heavy atom. The molecule has 0 bridgehead atoms. The Labute approximate surface area is 175 Å². The second-order valence-corrected chi connectivity index (χ2v) is 7.83. The summed E-state index contributed by atoms with van der Waals surface area (Å²) in [6.45, 7) is 2.78. The molecule has 0 saturated heterocycles. The van der Waals surface area contributed by atoms with E-state index in [2.05, 4.69) is 11.4 Å². The molecule has 0 fully saturated rings. The Balaban J connectivity index is 2.08. The Morgan fingerprint density at radius 1 is 1.29 bits per heavy atom. The van der Waals surface area contributed by atoms with E-state index in [9.17, 15) is 9.90 Å². The van der Waals surface area contributed by atoms with Crippen LogP contribution in [-0.2, 0) is 17.9 Å². The number of thioether (sulfide) groups is 1. The Kier molecular flexibility index (Phi) is 8.96. The van der Waals surface area contributed by atoms with Crippen LogP contribution in [-0.4, -0.2) is 36.2 Å². The van der Waals surface area contributed by atoms with E-state index in [1.807, 2.05) is 37.4 Å². The zero-order valence-corrected chi connectivity index (χ0v) is 17.9. The molecule has 0 heterocycles. The monoisotopic (exact) mass is 423 g/mol. The van der Waals surface area contributed by atoms with Gasteiger partial charge in [0.2, 0.25) is 0 Å². The molecule has 2 N–H and O–H groups in total. The van der Waals surface area contributed by atoms with Crippen molar-refractivity contribution in [2.45, 2.75) is 32.5 Å². The number of rotatable bonds is 11. The highest BCUT2D eigenvalue weighted by Gasteiger charge is 2.17. The minimum atomic E-state index is -0.856. The van der Waals surface area contributed by atoms with E-state index in [0.717, 1.165) is 22.4 Å². The average molecular weight is 424 g/mol. The van der Waals surface area contributed by atoms with Crippen LogP contribution in [0.15, 0.2) is 36.4 Å². The van der Waals surface area contributed by atoms with Gasteiger partial charge in [0.05, 0.1) is 12.1 Å². The quantitative estimate of drug-likeness (QED) is 0.553. The molecule has 1 atom stereocenters. The van der Waals surface area contributed by atoms with Crippen molar-refractivity contribution >= 4 is 29.3 Å². The molecule has 0 saturated carbocycles. The van der Waals surface area contributed by atoms with Crippen molar-refractivity contribution in [2.75, 3.05) is 19.1 Å². The Morgan fingerprint density at radius 3 is 2.71 bits per heavy atom. The number of aryl methyl sites for hydroxylation is 1. The van der Waals surface area contributed by atoms with Crippen LogP contribution in [0.2, 0.25) is 5.02 Å². The summed E-state index contributed by atoms with van der Waals surface area (Å²) < 4.78 is 11.3. The van der Waals surface area contributed by atoms with Gasteiger partial charge in [0.15, 0.2) is 11.5 Å². The maximum absolute atomic E-state index is 11.4. The summed E-state index contributed by atoms with van der Waals surface area (Å²) in [7, 11) is 1.56. The van der Waals surface area contributed by atoms with Crippen LogP contribution in [0, 0.1) is 6.92 Å². The molecule has 0 aliphatic heterocycles. The first kappa shape index (κ1) is 22.4. The molecule has 2 aromatic carbocycles. The maximum atomic E-state index is 11.4. The van der Waals surface area contributed by atoms with Crippen LogP contribution in [0.4, 0.5) is 0 Å². The number of hydrogen-bond donors (Lipinski definition) is 2. The highest BCUT2D eigenvalue weighted by Crippen LogP contribution is 2.37. The van der Waals surface area contributed by atoms with Crippen molar-refractivity contribution < 1.29 is 19.4 Å². The minimum absolute atomic E-state index is 0.375. The first-order valence-electron chi connectivity index (χ1n) is 8.94. The zero-order valence-electron chi connectivity index (χ0n) is 16.3. The molecule has 152 valence electrons. The van der Waals surface area contributed by atoms with Gasteiger partial charge in [0, 0.05) is 6.54 Å². The van der Waals surface area contributed by atoms with Gasteiger partial charge < -0.3 is 19.9 Å². The van der Waals surface area contributed by atoms with Gasteiger partial charge in [-0.2, -0.15) is 11.8 Å². The number of benzene rings is 2. The van der Waals surface area contributed by atoms with Crippen molar-refractivity contribution in [1.82, 2.24) is 5.32 Å². The molecule has 2 rings (SSSR count). The van der Waals surface area contributed by atoms with Crippen LogP contribution in [0.25, 0.3) is 0 Å². The minimum Gasteiger partial charge on any atom is -0.493 e. The summed E-state index contributed by atoms with van der Waals surface area (Å²) in [4.78, 5) is 11.4. The van der Waals surface area contributed by atoms with Crippen molar-refractivity contribution in [3.63, 3.8) is 0 Å². The van der Waals surface area contributed by atoms with Crippen molar-refractivity contribution in [3.8, 4) is 11.5 Å². The van der Waals surface area contributed by atoms with Gasteiger partial charge in [-0.15, -0.1) is 0 Å². The molecule has 7 heteroatoms. The fourth-order valence-corrected chi connectivity index (χ4v) is 3.52. The van der Waals surface area contributed by atoms with Crippen LogP contribution >= 0.6 is 23.4 Å². The lowest BCUT2D eigenvalue weighted by Crippen LogP contribution is -2.36. The number of carbonyl (C=O) groups is 1. The average Bonchev–Trinajstić information content (AvgIpc) is 2.66. The molecule has 0 aromatic heterocycles. The molecule has 0 aliphatic rings. The maximum Gasteiger partial charge on any atom is 0.320 e. The van der Waals surface area contributed by atoms with Crippen LogP contribution < -0.4 is 14.8 Å². The Bertz CT molecular complexity index is 800. The number of ether oxygens (including phenoxy) is 2. The Hall–Kier alpha value is -1.89. The molecule has 0 spiro atoms. The number of methoxy groups -OCH3 is 1. The molecule has 0 amide bonds. The molecule has 0 aliphatic carbocycles. The topological polar surface area (TPSA) is 67.8 Å². The molecular formula is C21H26ClNO4S. The molecular weight excluding hydrogens is 398 g/mol. The van der Waals surface area contributed by atoms with Crippen LogP contribution in [0.1, 0.15) is 23.1 Å². The van der Waals surface area contributed by atoms with Gasteiger partial charge in [-0.25, -0.2) is 0 Å². The lowest BCUT2D eigenvalue weighted by Gasteiger charge is -2.17. The van der Waals surface area contributed by atoms with Gasteiger partial charge in [-0.1, -0.05) is 41.4 Å². The lowest BCUT2D eigenvalue weighted by molar-refractivity contribution is -0.139. The smallest absolute Gasteiger partial charge is 0.320 e. The van der Waals surface area contributed by atoms with E-state index in [1.165, 1.54) is 0 Å². The standard InChI is InChI=1S/C21H26ClNO4S/c1-14-5-4-6-15(9-14)13-27-20-17(22)10-16(11-19(20)26-2)12-23-18(21(24)25)7-8-28-3/h4-6,9-11,18,23H,7-8,12-13H2,1-3H3,(H,24,25). The zero-order chi connectivity index (χ0) is 20.5. The normalized spacial score (nSPS) is 11.9. The van der Waals surface area contributed by atoms with Crippen molar-refractivity contribution in [3.05, 3.63) is 58.1 Å². The predicted octanol–water partition coefficient (Wildman–Crippen LogP) is 4.53. The second-order valence-electron chi connectivity index (χ2n) is 6.44. The van der Waals surface area contributed by atoms with Crippen LogP contribution in [0.3, 0.4) is 0 Å². The molecule has 2 aromatic rings. The van der Waals surface area contributed by atoms with E-state index in [4.69, 9.17) is 21.1 Å². The van der Waals surface area contributed by atoms with Crippen molar-refractivity contribution in [1.29, 1.82) is 0 Å². The summed E-state index contributed by atoms with van der Waals surface area (Å²) in [5.41, 5.74) is 3.04. The highest BCUT2D eigenvalue weighted by atomic mass is 35.5. The second kappa shape index (κ2) is 11.2. The van der Waals surface area contributed by atoms with Gasteiger partial charge in [0.1, 0.15) is 12.6 Å². The summed E-state index contributed by atoms with van der Waals surface area (Å²) in [5.74, 6) is 0.921. The number of hydrogen-bond acceptors (Lipinski definition) is 5.